The van der Waals surface area contributed by atoms with Crippen LogP contribution in [0.5, 0.6) is 0 Å². The van der Waals surface area contributed by atoms with E-state index in [0.29, 0.717) is 54.5 Å². The van der Waals surface area contributed by atoms with E-state index in [1.54, 1.807) is 85.0 Å². The van der Waals surface area contributed by atoms with Crippen LogP contribution >= 0.6 is 71.2 Å². The van der Waals surface area contributed by atoms with E-state index in [2.05, 4.69) is 21.8 Å². The topological polar surface area (TPSA) is 70.8 Å². The first-order valence-electron chi connectivity index (χ1n) is 9.69. The van der Waals surface area contributed by atoms with Crippen LogP contribution in [-0.2, 0) is 40.8 Å². The molecule has 12 heteroatoms. The minimum Gasteiger partial charge on any atom is -0.791 e. The number of halogens is 6. The summed E-state index contributed by atoms with van der Waals surface area (Å²) in [5.41, 5.74) is 9.05. The van der Waals surface area contributed by atoms with Gasteiger partial charge in [0.05, 0.1) is 11.4 Å². The maximum absolute atomic E-state index is 10.9. The van der Waals surface area contributed by atoms with Gasteiger partial charge in [0.25, 0.3) is 0 Å². The number of rotatable bonds is 4. The Hall–Kier alpha value is -1.04. The minimum atomic E-state index is 0. The molecule has 0 aromatic heterocycles. The molecule has 0 spiro atoms. The molecule has 0 N–H and O–H groups in total. The van der Waals surface area contributed by atoms with Gasteiger partial charge in [0, 0.05) is 73.2 Å². The Labute approximate surface area is 281 Å². The standard InChI is InChI=1S/2C13H8Cl2NO.2ClH.2Pd/c2*14-11-5-1-9(2-6-11)13(16-17)10-3-7-12(15)8-4-10;;;;/h2*1-3,5-8,17H;2*1H;;/p-2. The van der Waals surface area contributed by atoms with Crippen LogP contribution in [-0.4, -0.2) is 11.4 Å². The summed E-state index contributed by atoms with van der Waals surface area (Å²) in [5.74, 6) is 0. The number of allylic oxidation sites excluding steroid dienone is 6. The number of nitrogens with zero attached hydrogens (tertiary/aromatic N) is 2. The fraction of sp³-hybridized carbons (Fsp3) is 0. The average Bonchev–Trinajstić information content (AvgIpc) is 2.85. The van der Waals surface area contributed by atoms with Crippen molar-refractivity contribution in [1.29, 1.82) is 0 Å². The van der Waals surface area contributed by atoms with Crippen molar-refractivity contribution in [2.45, 2.75) is 0 Å². The Morgan fingerprint density at radius 2 is 0.868 bits per heavy atom. The van der Waals surface area contributed by atoms with E-state index in [0.717, 1.165) is 0 Å². The number of benzene rings is 2. The number of hydrogen-bond donors (Lipinski definition) is 0. The van der Waals surface area contributed by atoms with Gasteiger partial charge < -0.3 is 20.7 Å². The third kappa shape index (κ3) is 11.6. The summed E-state index contributed by atoms with van der Waals surface area (Å²) >= 11 is 23.1. The first-order chi connectivity index (χ1) is 16.4. The van der Waals surface area contributed by atoms with E-state index in [1.807, 2.05) is 0 Å². The van der Waals surface area contributed by atoms with Gasteiger partial charge >= 0.3 is 0 Å². The van der Waals surface area contributed by atoms with Crippen LogP contribution in [0.25, 0.3) is 0 Å². The molecular formula is C26H16Cl6N2O2Pd2-2. The second-order valence-electron chi connectivity index (χ2n) is 6.73. The molecule has 0 aliphatic heterocycles. The molecule has 4 rings (SSSR count). The molecule has 0 saturated heterocycles. The summed E-state index contributed by atoms with van der Waals surface area (Å²) in [5, 5.41) is 30.2. The molecule has 2 radical (unpaired) electrons. The molecule has 2 aliphatic rings. The average molecular weight is 814 g/mol. The van der Waals surface area contributed by atoms with Crippen molar-refractivity contribution in [1.82, 2.24) is 0 Å². The van der Waals surface area contributed by atoms with Crippen molar-refractivity contribution < 1.29 is 40.8 Å². The van der Waals surface area contributed by atoms with Crippen LogP contribution in [0.1, 0.15) is 11.1 Å². The fourth-order valence-electron chi connectivity index (χ4n) is 2.84. The smallest absolute Gasteiger partial charge is 0.115 e. The molecule has 38 heavy (non-hydrogen) atoms. The zero-order valence-corrected chi connectivity index (χ0v) is 26.5. The van der Waals surface area contributed by atoms with Gasteiger partial charge in [-0.2, -0.15) is 0 Å². The predicted molar refractivity (Wildman–Crippen MR) is 157 cm³/mol. The summed E-state index contributed by atoms with van der Waals surface area (Å²) in [6.45, 7) is 0. The summed E-state index contributed by atoms with van der Waals surface area (Å²) in [4.78, 5) is 0. The normalized spacial score (nSPS) is 14.4. The van der Waals surface area contributed by atoms with Crippen LogP contribution in [0, 0.1) is 21.2 Å². The summed E-state index contributed by atoms with van der Waals surface area (Å²) < 4.78 is 0. The first kappa shape index (κ1) is 39.1. The minimum absolute atomic E-state index is 0. The van der Waals surface area contributed by atoms with Crippen LogP contribution in [0.3, 0.4) is 0 Å². The van der Waals surface area contributed by atoms with E-state index in [4.69, 9.17) is 46.4 Å². The predicted octanol–water partition coefficient (Wildman–Crippen LogP) is 8.94. The van der Waals surface area contributed by atoms with Gasteiger partial charge in [0.15, 0.2) is 0 Å². The molecule has 2 aromatic carbocycles. The molecule has 2 aliphatic carbocycles. The Kier molecular flexibility index (Phi) is 20.5. The van der Waals surface area contributed by atoms with Crippen molar-refractivity contribution >= 4 is 82.6 Å². The van der Waals surface area contributed by atoms with Crippen molar-refractivity contribution in [3.63, 3.8) is 0 Å². The molecule has 0 unspecified atom stereocenters. The van der Waals surface area contributed by atoms with E-state index >= 15 is 0 Å². The van der Waals surface area contributed by atoms with E-state index in [9.17, 15) is 10.4 Å². The Bertz CT molecular complexity index is 1190. The summed E-state index contributed by atoms with van der Waals surface area (Å²) in [6, 6.07) is 13.8. The van der Waals surface area contributed by atoms with Gasteiger partial charge in [0.2, 0.25) is 0 Å². The Morgan fingerprint density at radius 3 is 1.11 bits per heavy atom. The zero-order valence-electron chi connectivity index (χ0n) is 18.8. The summed E-state index contributed by atoms with van der Waals surface area (Å²) in [7, 11) is 0. The largest absolute Gasteiger partial charge is 0.791 e. The fourth-order valence-corrected chi connectivity index (χ4v) is 3.32. The third-order valence-electron chi connectivity index (χ3n) is 4.48. The van der Waals surface area contributed by atoms with Crippen LogP contribution in [0.4, 0.5) is 0 Å². The summed E-state index contributed by atoms with van der Waals surface area (Å²) in [6.07, 6.45) is 9.97. The van der Waals surface area contributed by atoms with Gasteiger partial charge in [-0.05, 0) is 48.6 Å². The molecule has 0 heterocycles. The van der Waals surface area contributed by atoms with Gasteiger partial charge in [-0.25, -0.2) is 0 Å². The second kappa shape index (κ2) is 19.9. The Morgan fingerprint density at radius 1 is 0.553 bits per heavy atom. The zero-order chi connectivity index (χ0) is 24.5. The second-order valence-corrected chi connectivity index (χ2v) is 8.48. The first-order valence-corrected chi connectivity index (χ1v) is 11.2. The van der Waals surface area contributed by atoms with E-state index in [-0.39, 0.29) is 65.7 Å². The van der Waals surface area contributed by atoms with Crippen molar-refractivity contribution in [2.75, 3.05) is 0 Å². The monoisotopic (exact) mass is 810 g/mol. The molecule has 0 saturated carbocycles. The molecule has 2 aromatic rings. The molecule has 0 fully saturated rings. The molecule has 0 atom stereocenters. The Balaban J connectivity index is 0. The molecular weight excluding hydrogens is 798 g/mol. The van der Waals surface area contributed by atoms with Crippen molar-refractivity contribution in [3.8, 4) is 0 Å². The van der Waals surface area contributed by atoms with Gasteiger partial charge in [0.1, 0.15) is 10.8 Å². The quantitative estimate of drug-likeness (QED) is 0.134. The van der Waals surface area contributed by atoms with Crippen LogP contribution in [0.15, 0.2) is 118 Å². The molecule has 4 nitrogen and oxygen atoms in total. The number of hydrogen-bond acceptors (Lipinski definition) is 4. The van der Waals surface area contributed by atoms with Crippen LogP contribution < -0.4 is 0 Å². The van der Waals surface area contributed by atoms with Crippen molar-refractivity contribution in [3.05, 3.63) is 150 Å². The van der Waals surface area contributed by atoms with E-state index in [1.165, 1.54) is 0 Å². The van der Waals surface area contributed by atoms with Gasteiger partial charge in [-0.1, -0.05) is 59.6 Å². The van der Waals surface area contributed by atoms with Crippen molar-refractivity contribution in [2.24, 2.45) is 10.3 Å². The van der Waals surface area contributed by atoms with Gasteiger partial charge in [-0.3, -0.25) is 0 Å². The van der Waals surface area contributed by atoms with Gasteiger partial charge in [-0.15, -0.1) is 59.5 Å². The SMILES string of the molecule is Cl.Cl.[O-]N=C(C1=C=C[C](Cl)C=C1)c1ccc(Cl)cc1.[O-]N=C(C1=C=C[C](Cl)C=C1)c1ccc(Cl)cc1.[Pd].[Pd]. The molecule has 0 bridgehead atoms. The third-order valence-corrected chi connectivity index (χ3v) is 5.45. The van der Waals surface area contributed by atoms with Crippen LogP contribution in [0.2, 0.25) is 10.0 Å². The maximum Gasteiger partial charge on any atom is 0.115 e. The molecule has 206 valence electrons. The maximum atomic E-state index is 10.9. The van der Waals surface area contributed by atoms with E-state index < -0.39 is 0 Å². The molecule has 0 amide bonds.